The van der Waals surface area contributed by atoms with Crippen LogP contribution in [-0.2, 0) is 20.8 Å². The van der Waals surface area contributed by atoms with Gasteiger partial charge in [-0.1, -0.05) is 30.9 Å². The van der Waals surface area contributed by atoms with Crippen LogP contribution in [0, 0.1) is 0 Å². The average molecular weight is 375 g/mol. The van der Waals surface area contributed by atoms with E-state index in [2.05, 4.69) is 57.6 Å². The van der Waals surface area contributed by atoms with E-state index in [1.807, 2.05) is 18.2 Å². The molecular weight excluding hydrogens is 345 g/mol. The highest BCUT2D eigenvalue weighted by Crippen LogP contribution is 2.36. The van der Waals surface area contributed by atoms with Gasteiger partial charge in [-0.15, -0.1) is 5.10 Å². The molecule has 3 rings (SSSR count). The molecule has 2 heterocycles. The second kappa shape index (κ2) is 6.74. The van der Waals surface area contributed by atoms with Gasteiger partial charge in [-0.05, 0) is 51.3 Å². The number of benzene rings is 1. The summed E-state index contributed by atoms with van der Waals surface area (Å²) in [6, 6.07) is 7.13. The molecule has 8 heteroatoms. The summed E-state index contributed by atoms with van der Waals surface area (Å²) < 4.78 is 19.9. The fraction of sp³-hybridized carbons (Fsp3) is 0.667. The Morgan fingerprint density at radius 1 is 1.12 bits per heavy atom. The highest BCUT2D eigenvalue weighted by Gasteiger charge is 2.51. The average Bonchev–Trinajstić information content (AvgIpc) is 3.00. The Morgan fingerprint density at radius 2 is 1.77 bits per heavy atom. The third-order valence-electron chi connectivity index (χ3n) is 5.27. The summed E-state index contributed by atoms with van der Waals surface area (Å²) in [6.45, 7) is 16.4. The summed E-state index contributed by atoms with van der Waals surface area (Å²) in [5.74, 6) is 0. The zero-order valence-corrected chi connectivity index (χ0v) is 18.0. The van der Waals surface area contributed by atoms with Gasteiger partial charge in [0.05, 0.1) is 16.7 Å². The first kappa shape index (κ1) is 19.5. The van der Waals surface area contributed by atoms with Gasteiger partial charge in [-0.2, -0.15) is 0 Å². The Labute approximate surface area is 157 Å². The van der Waals surface area contributed by atoms with Gasteiger partial charge in [0.15, 0.2) is 0 Å². The van der Waals surface area contributed by atoms with Gasteiger partial charge >= 0.3 is 7.12 Å². The van der Waals surface area contributed by atoms with E-state index in [0.717, 1.165) is 29.1 Å². The Kier molecular flexibility index (Phi) is 5.07. The maximum absolute atomic E-state index is 6.15. The summed E-state index contributed by atoms with van der Waals surface area (Å²) >= 11 is 0. The minimum atomic E-state index is -1.09. The normalized spacial score (nSPS) is 19.4. The summed E-state index contributed by atoms with van der Waals surface area (Å²) in [4.78, 5) is 0. The molecule has 1 aliphatic heterocycles. The molecule has 0 amide bonds. The number of ether oxygens (including phenoxy) is 1. The van der Waals surface area contributed by atoms with Crippen molar-refractivity contribution in [2.75, 3.05) is 6.61 Å². The minimum absolute atomic E-state index is 0.356. The van der Waals surface area contributed by atoms with Gasteiger partial charge in [0.2, 0.25) is 0 Å². The number of aromatic nitrogens is 3. The van der Waals surface area contributed by atoms with Crippen molar-refractivity contribution < 1.29 is 14.0 Å². The maximum atomic E-state index is 6.15. The van der Waals surface area contributed by atoms with Crippen LogP contribution in [0.15, 0.2) is 18.2 Å². The SMILES string of the molecule is CC1(C)OB(c2ccc3nnn(COCC[Si](C)(C)C)c3c2)OC1(C)C. The molecule has 142 valence electrons. The van der Waals surface area contributed by atoms with Crippen LogP contribution >= 0.6 is 0 Å². The van der Waals surface area contributed by atoms with E-state index in [1.165, 1.54) is 0 Å². The van der Waals surface area contributed by atoms with E-state index in [1.54, 1.807) is 4.68 Å². The second-order valence-corrected chi connectivity index (χ2v) is 14.9. The maximum Gasteiger partial charge on any atom is 0.494 e. The van der Waals surface area contributed by atoms with E-state index in [-0.39, 0.29) is 18.3 Å². The lowest BCUT2D eigenvalue weighted by atomic mass is 9.79. The van der Waals surface area contributed by atoms with Crippen LogP contribution in [0.1, 0.15) is 27.7 Å². The third-order valence-corrected chi connectivity index (χ3v) is 6.98. The standard InChI is InChI=1S/C18H30BN3O3Si/c1-17(2)18(3,4)25-19(24-17)14-8-9-15-16(12-14)22(21-20-15)13-23-10-11-26(5,6)7/h8-9,12H,10-11,13H2,1-7H3. The molecule has 6 nitrogen and oxygen atoms in total. The highest BCUT2D eigenvalue weighted by molar-refractivity contribution is 6.76. The summed E-state index contributed by atoms with van der Waals surface area (Å²) in [5, 5.41) is 8.46. The smallest absolute Gasteiger partial charge is 0.399 e. The van der Waals surface area contributed by atoms with Crippen LogP contribution in [0.5, 0.6) is 0 Å². The Bertz CT molecular complexity index is 770. The largest absolute Gasteiger partial charge is 0.494 e. The first-order valence-corrected chi connectivity index (χ1v) is 13.0. The van der Waals surface area contributed by atoms with Crippen LogP contribution in [0.25, 0.3) is 11.0 Å². The molecule has 1 fully saturated rings. The predicted molar refractivity (Wildman–Crippen MR) is 107 cm³/mol. The van der Waals surface area contributed by atoms with Crippen LogP contribution in [0.4, 0.5) is 0 Å². The van der Waals surface area contributed by atoms with E-state index in [0.29, 0.717) is 6.73 Å². The van der Waals surface area contributed by atoms with Crippen molar-refractivity contribution in [3.63, 3.8) is 0 Å². The fourth-order valence-electron chi connectivity index (χ4n) is 2.73. The molecule has 0 spiro atoms. The van der Waals surface area contributed by atoms with Crippen molar-refractivity contribution in [2.24, 2.45) is 0 Å². The summed E-state index contributed by atoms with van der Waals surface area (Å²) in [5.41, 5.74) is 2.04. The molecule has 0 bridgehead atoms. The topological polar surface area (TPSA) is 58.4 Å². The minimum Gasteiger partial charge on any atom is -0.399 e. The molecule has 0 atom stereocenters. The fourth-order valence-corrected chi connectivity index (χ4v) is 3.49. The predicted octanol–water partition coefficient (Wildman–Crippen LogP) is 3.04. The lowest BCUT2D eigenvalue weighted by molar-refractivity contribution is 0.00578. The van der Waals surface area contributed by atoms with E-state index >= 15 is 0 Å². The third kappa shape index (κ3) is 4.03. The summed E-state index contributed by atoms with van der Waals surface area (Å²) in [6.07, 6.45) is 0. The van der Waals surface area contributed by atoms with Crippen molar-refractivity contribution in [3.8, 4) is 0 Å². The second-order valence-electron chi connectivity index (χ2n) is 9.27. The Hall–Kier alpha value is -1.22. The Balaban J connectivity index is 1.74. The van der Waals surface area contributed by atoms with Crippen molar-refractivity contribution in [2.45, 2.75) is 71.3 Å². The molecule has 26 heavy (non-hydrogen) atoms. The van der Waals surface area contributed by atoms with Crippen molar-refractivity contribution in [1.82, 2.24) is 15.0 Å². The van der Waals surface area contributed by atoms with Gasteiger partial charge in [0.25, 0.3) is 0 Å². The first-order valence-electron chi connectivity index (χ1n) is 9.25. The molecule has 0 radical (unpaired) electrons. The van der Waals surface area contributed by atoms with Gasteiger partial charge in [0, 0.05) is 14.7 Å². The molecule has 2 aromatic rings. The first-order chi connectivity index (χ1) is 12.0. The zero-order chi connectivity index (χ0) is 19.2. The molecular formula is C18H30BN3O3Si. The monoisotopic (exact) mass is 375 g/mol. The zero-order valence-electron chi connectivity index (χ0n) is 17.0. The van der Waals surface area contributed by atoms with Crippen molar-refractivity contribution >= 4 is 31.7 Å². The number of fused-ring (bicyclic) bond motifs is 1. The molecule has 1 aliphatic rings. The molecule has 1 aromatic carbocycles. The molecule has 0 saturated carbocycles. The van der Waals surface area contributed by atoms with Crippen LogP contribution in [-0.4, -0.2) is 48.0 Å². The van der Waals surface area contributed by atoms with Crippen molar-refractivity contribution in [1.29, 1.82) is 0 Å². The lowest BCUT2D eigenvalue weighted by Gasteiger charge is -2.32. The lowest BCUT2D eigenvalue weighted by Crippen LogP contribution is -2.41. The molecule has 1 aromatic heterocycles. The van der Waals surface area contributed by atoms with E-state index < -0.39 is 8.07 Å². The number of hydrogen-bond acceptors (Lipinski definition) is 5. The molecule has 0 aliphatic carbocycles. The molecule has 1 saturated heterocycles. The van der Waals surface area contributed by atoms with Gasteiger partial charge < -0.3 is 14.0 Å². The quantitative estimate of drug-likeness (QED) is 0.574. The number of rotatable bonds is 6. The van der Waals surface area contributed by atoms with Crippen molar-refractivity contribution in [3.05, 3.63) is 18.2 Å². The summed E-state index contributed by atoms with van der Waals surface area (Å²) in [7, 11) is -1.48. The van der Waals surface area contributed by atoms with Crippen LogP contribution < -0.4 is 5.46 Å². The highest BCUT2D eigenvalue weighted by atomic mass is 28.3. The molecule has 0 unspecified atom stereocenters. The van der Waals surface area contributed by atoms with Crippen LogP contribution in [0.3, 0.4) is 0 Å². The van der Waals surface area contributed by atoms with E-state index in [9.17, 15) is 0 Å². The van der Waals surface area contributed by atoms with Gasteiger partial charge in [-0.3, -0.25) is 0 Å². The Morgan fingerprint density at radius 3 is 2.38 bits per heavy atom. The number of nitrogens with zero attached hydrogens (tertiary/aromatic N) is 3. The van der Waals surface area contributed by atoms with Gasteiger partial charge in [-0.25, -0.2) is 4.68 Å². The van der Waals surface area contributed by atoms with Gasteiger partial charge in [0.1, 0.15) is 12.2 Å². The molecule has 0 N–H and O–H groups in total. The van der Waals surface area contributed by atoms with Crippen LogP contribution in [0.2, 0.25) is 25.7 Å². The number of hydrogen-bond donors (Lipinski definition) is 0. The van der Waals surface area contributed by atoms with E-state index in [4.69, 9.17) is 14.0 Å².